The molecule has 0 aromatic heterocycles. The van der Waals surface area contributed by atoms with Crippen molar-refractivity contribution < 1.29 is 13.2 Å². The second-order valence-electron chi connectivity index (χ2n) is 4.46. The normalized spacial score (nSPS) is 16.2. The first-order chi connectivity index (χ1) is 7.85. The van der Waals surface area contributed by atoms with Gasteiger partial charge >= 0.3 is 6.18 Å². The van der Waals surface area contributed by atoms with Crippen molar-refractivity contribution in [2.45, 2.75) is 58.3 Å². The van der Waals surface area contributed by atoms with Crippen LogP contribution in [-0.2, 0) is 0 Å². The maximum Gasteiger partial charge on any atom is 0.401 e. The van der Waals surface area contributed by atoms with Crippen LogP contribution >= 0.6 is 0 Å². The van der Waals surface area contributed by atoms with E-state index in [4.69, 9.17) is 0 Å². The fraction of sp³-hybridized carbons (Fsp3) is 1.00. The summed E-state index contributed by atoms with van der Waals surface area (Å²) >= 11 is 0. The van der Waals surface area contributed by atoms with Crippen molar-refractivity contribution in [1.82, 2.24) is 10.2 Å². The zero-order valence-corrected chi connectivity index (χ0v) is 11.3. The second kappa shape index (κ2) is 7.93. The van der Waals surface area contributed by atoms with Crippen molar-refractivity contribution in [3.05, 3.63) is 0 Å². The number of likely N-dealkylation sites (N-methyl/N-ethyl adjacent to an activating group) is 2. The van der Waals surface area contributed by atoms with E-state index in [9.17, 15) is 13.2 Å². The van der Waals surface area contributed by atoms with E-state index >= 15 is 0 Å². The summed E-state index contributed by atoms with van der Waals surface area (Å²) in [5, 5.41) is 3.29. The highest BCUT2D eigenvalue weighted by molar-refractivity contribution is 4.82. The van der Waals surface area contributed by atoms with Gasteiger partial charge in [0.1, 0.15) is 0 Å². The number of nitrogens with one attached hydrogen (secondary N) is 1. The fourth-order valence-corrected chi connectivity index (χ4v) is 2.31. The molecule has 0 saturated heterocycles. The first-order valence-electron chi connectivity index (χ1n) is 6.36. The highest BCUT2D eigenvalue weighted by atomic mass is 19.4. The molecule has 2 unspecified atom stereocenters. The lowest BCUT2D eigenvalue weighted by Crippen LogP contribution is -2.50. The molecular weight excluding hydrogens is 229 g/mol. The number of halogens is 3. The van der Waals surface area contributed by atoms with E-state index < -0.39 is 12.7 Å². The van der Waals surface area contributed by atoms with Crippen molar-refractivity contribution in [3.8, 4) is 0 Å². The topological polar surface area (TPSA) is 15.3 Å². The van der Waals surface area contributed by atoms with Crippen LogP contribution in [0.25, 0.3) is 0 Å². The molecule has 2 nitrogen and oxygen atoms in total. The number of hydrogen-bond donors (Lipinski definition) is 1. The predicted octanol–water partition coefficient (Wildman–Crippen LogP) is 3.04. The highest BCUT2D eigenvalue weighted by Gasteiger charge is 2.33. The SMILES string of the molecule is CCCC(NCC)C(CC)N(C)CC(F)(F)F. The van der Waals surface area contributed by atoms with Crippen molar-refractivity contribution in [3.63, 3.8) is 0 Å². The fourth-order valence-electron chi connectivity index (χ4n) is 2.31. The van der Waals surface area contributed by atoms with Gasteiger partial charge in [0.15, 0.2) is 0 Å². The van der Waals surface area contributed by atoms with Gasteiger partial charge in [0.2, 0.25) is 0 Å². The Labute approximate surface area is 103 Å². The maximum absolute atomic E-state index is 12.4. The van der Waals surface area contributed by atoms with Crippen LogP contribution in [0.1, 0.15) is 40.0 Å². The summed E-state index contributed by atoms with van der Waals surface area (Å²) < 4.78 is 37.1. The van der Waals surface area contributed by atoms with Crippen molar-refractivity contribution >= 4 is 0 Å². The Bertz CT molecular complexity index is 189. The van der Waals surface area contributed by atoms with Gasteiger partial charge in [-0.3, -0.25) is 4.90 Å². The molecule has 17 heavy (non-hydrogen) atoms. The molecule has 5 heteroatoms. The minimum Gasteiger partial charge on any atom is -0.313 e. The third kappa shape index (κ3) is 6.88. The van der Waals surface area contributed by atoms with Crippen molar-refractivity contribution in [2.24, 2.45) is 0 Å². The van der Waals surface area contributed by atoms with E-state index in [-0.39, 0.29) is 12.1 Å². The number of rotatable bonds is 8. The number of hydrogen-bond acceptors (Lipinski definition) is 2. The summed E-state index contributed by atoms with van der Waals surface area (Å²) in [6, 6.07) is 0.0823. The highest BCUT2D eigenvalue weighted by Crippen LogP contribution is 2.20. The molecule has 104 valence electrons. The minimum absolute atomic E-state index is 0.0588. The van der Waals surface area contributed by atoms with Gasteiger partial charge in [0.25, 0.3) is 0 Å². The zero-order valence-electron chi connectivity index (χ0n) is 11.3. The van der Waals surface area contributed by atoms with Crippen LogP contribution in [-0.4, -0.2) is 43.3 Å². The molecule has 0 aliphatic heterocycles. The standard InChI is InChI=1S/C12H25F3N2/c1-5-8-10(16-7-3)11(6-2)17(4)9-12(13,14)15/h10-11,16H,5-9H2,1-4H3. The molecule has 0 aliphatic carbocycles. The number of alkyl halides is 3. The Morgan fingerprint density at radius 2 is 1.76 bits per heavy atom. The van der Waals surface area contributed by atoms with Gasteiger partial charge in [0.05, 0.1) is 6.54 Å². The zero-order chi connectivity index (χ0) is 13.5. The van der Waals surface area contributed by atoms with Gasteiger partial charge in [-0.25, -0.2) is 0 Å². The molecule has 0 amide bonds. The van der Waals surface area contributed by atoms with Crippen molar-refractivity contribution in [1.29, 1.82) is 0 Å². The first kappa shape index (κ1) is 16.7. The Kier molecular flexibility index (Phi) is 7.79. The monoisotopic (exact) mass is 254 g/mol. The molecule has 0 saturated carbocycles. The molecule has 1 N–H and O–H groups in total. The summed E-state index contributed by atoms with van der Waals surface area (Å²) in [7, 11) is 1.56. The van der Waals surface area contributed by atoms with Crippen LogP contribution < -0.4 is 5.32 Å². The lowest BCUT2D eigenvalue weighted by molar-refractivity contribution is -0.148. The van der Waals surface area contributed by atoms with Gasteiger partial charge in [-0.2, -0.15) is 13.2 Å². The third-order valence-electron chi connectivity index (χ3n) is 2.94. The maximum atomic E-state index is 12.4. The van der Waals surface area contributed by atoms with E-state index in [0.29, 0.717) is 0 Å². The van der Waals surface area contributed by atoms with Crippen molar-refractivity contribution in [2.75, 3.05) is 20.1 Å². The Hall–Kier alpha value is -0.290. The Balaban J connectivity index is 4.53. The molecule has 0 rings (SSSR count). The van der Waals surface area contributed by atoms with Gasteiger partial charge in [-0.1, -0.05) is 27.2 Å². The van der Waals surface area contributed by atoms with Crippen LogP contribution in [0, 0.1) is 0 Å². The van der Waals surface area contributed by atoms with Crippen LogP contribution in [0.5, 0.6) is 0 Å². The first-order valence-corrected chi connectivity index (χ1v) is 6.36. The summed E-state index contributed by atoms with van der Waals surface area (Å²) in [6.45, 7) is 5.94. The molecule has 0 spiro atoms. The van der Waals surface area contributed by atoms with E-state index in [1.54, 1.807) is 7.05 Å². The predicted molar refractivity (Wildman–Crippen MR) is 65.1 cm³/mol. The summed E-state index contributed by atoms with van der Waals surface area (Å²) in [6.07, 6.45) is -1.50. The van der Waals surface area contributed by atoms with Crippen LogP contribution in [0.4, 0.5) is 13.2 Å². The molecule has 0 aromatic carbocycles. The third-order valence-corrected chi connectivity index (χ3v) is 2.94. The smallest absolute Gasteiger partial charge is 0.313 e. The lowest BCUT2D eigenvalue weighted by atomic mass is 9.99. The molecule has 2 atom stereocenters. The molecule has 0 radical (unpaired) electrons. The van der Waals surface area contributed by atoms with E-state index in [2.05, 4.69) is 12.2 Å². The Morgan fingerprint density at radius 3 is 2.12 bits per heavy atom. The average Bonchev–Trinajstić information content (AvgIpc) is 2.16. The summed E-state index contributed by atoms with van der Waals surface area (Å²) in [5.74, 6) is 0. The molecular formula is C12H25F3N2. The van der Waals surface area contributed by atoms with E-state index in [1.165, 1.54) is 4.90 Å². The Morgan fingerprint density at radius 1 is 1.18 bits per heavy atom. The molecule has 0 aromatic rings. The minimum atomic E-state index is -4.12. The molecule has 0 bridgehead atoms. The van der Waals surface area contributed by atoms with Gasteiger partial charge in [-0.15, -0.1) is 0 Å². The quantitative estimate of drug-likeness (QED) is 0.716. The van der Waals surface area contributed by atoms with E-state index in [0.717, 1.165) is 25.8 Å². The van der Waals surface area contributed by atoms with Crippen LogP contribution in [0.3, 0.4) is 0 Å². The summed E-state index contributed by atoms with van der Waals surface area (Å²) in [5.41, 5.74) is 0. The largest absolute Gasteiger partial charge is 0.401 e. The average molecular weight is 254 g/mol. The van der Waals surface area contributed by atoms with Crippen LogP contribution in [0.2, 0.25) is 0 Å². The summed E-state index contributed by atoms with van der Waals surface area (Å²) in [4.78, 5) is 1.42. The molecule has 0 fully saturated rings. The second-order valence-corrected chi connectivity index (χ2v) is 4.46. The number of nitrogens with zero attached hydrogens (tertiary/aromatic N) is 1. The molecule has 0 aliphatic rings. The van der Waals surface area contributed by atoms with Gasteiger partial charge < -0.3 is 5.32 Å². The molecule has 0 heterocycles. The van der Waals surface area contributed by atoms with Gasteiger partial charge in [-0.05, 0) is 26.4 Å². The lowest BCUT2D eigenvalue weighted by Gasteiger charge is -2.35. The van der Waals surface area contributed by atoms with Gasteiger partial charge in [0, 0.05) is 12.1 Å². The van der Waals surface area contributed by atoms with E-state index in [1.807, 2.05) is 13.8 Å². The van der Waals surface area contributed by atoms with Crippen LogP contribution in [0.15, 0.2) is 0 Å².